The van der Waals surface area contributed by atoms with E-state index >= 15 is 0 Å². The molecule has 0 saturated carbocycles. The molecule has 26 heavy (non-hydrogen) atoms. The van der Waals surface area contributed by atoms with Gasteiger partial charge in [-0.25, -0.2) is 4.98 Å². The van der Waals surface area contributed by atoms with Crippen LogP contribution in [0.4, 0.5) is 24.7 Å². The summed E-state index contributed by atoms with van der Waals surface area (Å²) in [6, 6.07) is 11.3. The number of aromatic nitrogens is 1. The largest absolute Gasteiger partial charge is 0.467 e. The molecule has 0 unspecified atom stereocenters. The number of benzene rings is 1. The average Bonchev–Trinajstić information content (AvgIpc) is 3.13. The molecule has 0 saturated heterocycles. The highest BCUT2D eigenvalue weighted by Crippen LogP contribution is 2.35. The number of amides is 1. The van der Waals surface area contributed by atoms with E-state index in [4.69, 9.17) is 4.42 Å². The fourth-order valence-electron chi connectivity index (χ4n) is 2.30. The molecule has 8 heteroatoms. The van der Waals surface area contributed by atoms with Crippen molar-refractivity contribution < 1.29 is 22.4 Å². The van der Waals surface area contributed by atoms with Crippen LogP contribution in [0.25, 0.3) is 0 Å². The van der Waals surface area contributed by atoms with Crippen LogP contribution in [0, 0.1) is 0 Å². The van der Waals surface area contributed by atoms with Crippen molar-refractivity contribution >= 4 is 17.4 Å². The lowest BCUT2D eigenvalue weighted by Crippen LogP contribution is -2.22. The van der Waals surface area contributed by atoms with E-state index in [1.54, 1.807) is 12.1 Å². The monoisotopic (exact) mass is 361 g/mol. The maximum atomic E-state index is 13.1. The summed E-state index contributed by atoms with van der Waals surface area (Å²) < 4.78 is 44.3. The van der Waals surface area contributed by atoms with E-state index in [-0.39, 0.29) is 23.6 Å². The normalized spacial score (nSPS) is 11.2. The molecule has 2 N–H and O–H groups in total. The molecule has 0 radical (unpaired) electrons. The Labute approximate surface area is 146 Å². The van der Waals surface area contributed by atoms with Crippen molar-refractivity contribution in [3.63, 3.8) is 0 Å². The van der Waals surface area contributed by atoms with Crippen LogP contribution in [0.2, 0.25) is 0 Å². The third-order valence-electron chi connectivity index (χ3n) is 3.52. The molecule has 2 aromatic heterocycles. The number of anilines is 2. The topological polar surface area (TPSA) is 67.2 Å². The number of rotatable bonds is 5. The van der Waals surface area contributed by atoms with Gasteiger partial charge in [-0.2, -0.15) is 13.2 Å². The van der Waals surface area contributed by atoms with E-state index < -0.39 is 17.6 Å². The highest BCUT2D eigenvalue weighted by atomic mass is 19.4. The van der Waals surface area contributed by atoms with Crippen LogP contribution in [-0.4, -0.2) is 10.9 Å². The van der Waals surface area contributed by atoms with Gasteiger partial charge in [0.15, 0.2) is 0 Å². The minimum atomic E-state index is -4.50. The van der Waals surface area contributed by atoms with Crippen molar-refractivity contribution in [2.75, 3.05) is 5.32 Å². The second kappa shape index (κ2) is 7.30. The van der Waals surface area contributed by atoms with Crippen LogP contribution < -0.4 is 10.6 Å². The van der Waals surface area contributed by atoms with Gasteiger partial charge in [0.05, 0.1) is 24.1 Å². The van der Waals surface area contributed by atoms with Crippen molar-refractivity contribution in [1.82, 2.24) is 10.3 Å². The number of pyridine rings is 1. The van der Waals surface area contributed by atoms with Gasteiger partial charge in [0.1, 0.15) is 11.6 Å². The first-order valence-electron chi connectivity index (χ1n) is 7.63. The van der Waals surface area contributed by atoms with E-state index in [0.717, 1.165) is 6.07 Å². The predicted octanol–water partition coefficient (Wildman–Crippen LogP) is 4.37. The van der Waals surface area contributed by atoms with Crippen molar-refractivity contribution in [1.29, 1.82) is 0 Å². The molecule has 3 rings (SSSR count). The molecule has 0 aliphatic rings. The number of alkyl halides is 3. The Balaban J connectivity index is 1.75. The molecule has 0 aliphatic carbocycles. The summed E-state index contributed by atoms with van der Waals surface area (Å²) >= 11 is 0. The zero-order valence-corrected chi connectivity index (χ0v) is 13.4. The number of nitrogens with one attached hydrogen (secondary N) is 2. The first-order chi connectivity index (χ1) is 12.4. The number of carbonyl (C=O) groups excluding carboxylic acids is 1. The van der Waals surface area contributed by atoms with Crippen molar-refractivity contribution in [2.24, 2.45) is 0 Å². The fourth-order valence-corrected chi connectivity index (χ4v) is 2.30. The first kappa shape index (κ1) is 17.5. The molecule has 0 aliphatic heterocycles. The van der Waals surface area contributed by atoms with Crippen LogP contribution in [0.5, 0.6) is 0 Å². The van der Waals surface area contributed by atoms with Crippen LogP contribution in [-0.2, 0) is 12.7 Å². The number of halogens is 3. The Morgan fingerprint density at radius 1 is 1.12 bits per heavy atom. The maximum Gasteiger partial charge on any atom is 0.418 e. The fraction of sp³-hybridized carbons (Fsp3) is 0.111. The number of carbonyl (C=O) groups is 1. The third kappa shape index (κ3) is 4.21. The smallest absolute Gasteiger partial charge is 0.418 e. The average molecular weight is 361 g/mol. The van der Waals surface area contributed by atoms with Crippen molar-refractivity contribution in [3.8, 4) is 0 Å². The number of nitrogens with zero attached hydrogens (tertiary/aromatic N) is 1. The minimum absolute atomic E-state index is 0.132. The summed E-state index contributed by atoms with van der Waals surface area (Å²) in [6.45, 7) is 0.202. The Kier molecular flexibility index (Phi) is 4.92. The molecular weight excluding hydrogens is 347 g/mol. The summed E-state index contributed by atoms with van der Waals surface area (Å²) in [5, 5.41) is 5.27. The highest BCUT2D eigenvalue weighted by molar-refractivity contribution is 5.94. The minimum Gasteiger partial charge on any atom is -0.467 e. The summed E-state index contributed by atoms with van der Waals surface area (Å²) in [4.78, 5) is 16.2. The first-order valence-corrected chi connectivity index (χ1v) is 7.63. The Bertz CT molecular complexity index is 893. The standard InChI is InChI=1S/C18H14F3N3O2/c19-18(20,21)14-5-1-2-6-15(14)24-16-10-12(7-8-22-16)17(25)23-11-13-4-3-9-26-13/h1-10H,11H2,(H,22,24)(H,23,25). The Hall–Kier alpha value is -3.29. The molecule has 0 spiro atoms. The lowest BCUT2D eigenvalue weighted by molar-refractivity contribution is -0.136. The molecule has 0 atom stereocenters. The van der Waals surface area contributed by atoms with Gasteiger partial charge in [-0.3, -0.25) is 4.79 Å². The molecule has 3 aromatic rings. The van der Waals surface area contributed by atoms with E-state index in [1.165, 1.54) is 42.8 Å². The van der Waals surface area contributed by atoms with E-state index in [1.807, 2.05) is 0 Å². The van der Waals surface area contributed by atoms with Crippen LogP contribution in [0.1, 0.15) is 21.7 Å². The lowest BCUT2D eigenvalue weighted by atomic mass is 10.1. The number of hydrogen-bond donors (Lipinski definition) is 2. The van der Waals surface area contributed by atoms with E-state index in [0.29, 0.717) is 5.76 Å². The summed E-state index contributed by atoms with van der Waals surface area (Å²) in [7, 11) is 0. The lowest BCUT2D eigenvalue weighted by Gasteiger charge is -2.14. The molecular formula is C18H14F3N3O2. The van der Waals surface area contributed by atoms with Gasteiger partial charge < -0.3 is 15.1 Å². The highest BCUT2D eigenvalue weighted by Gasteiger charge is 2.33. The van der Waals surface area contributed by atoms with Gasteiger partial charge in [-0.15, -0.1) is 0 Å². The maximum absolute atomic E-state index is 13.1. The number of hydrogen-bond acceptors (Lipinski definition) is 4. The zero-order chi connectivity index (χ0) is 18.6. The van der Waals surface area contributed by atoms with Gasteiger partial charge in [0.2, 0.25) is 0 Å². The second-order valence-electron chi connectivity index (χ2n) is 5.36. The molecule has 0 bridgehead atoms. The number of para-hydroxylation sites is 1. The van der Waals surface area contributed by atoms with Crippen LogP contribution in [0.3, 0.4) is 0 Å². The Morgan fingerprint density at radius 3 is 2.65 bits per heavy atom. The van der Waals surface area contributed by atoms with Gasteiger partial charge in [0, 0.05) is 11.8 Å². The van der Waals surface area contributed by atoms with Crippen molar-refractivity contribution in [2.45, 2.75) is 12.7 Å². The molecule has 5 nitrogen and oxygen atoms in total. The zero-order valence-electron chi connectivity index (χ0n) is 13.4. The van der Waals surface area contributed by atoms with Gasteiger partial charge in [-0.05, 0) is 36.4 Å². The molecule has 2 heterocycles. The molecule has 1 aromatic carbocycles. The van der Waals surface area contributed by atoms with E-state index in [2.05, 4.69) is 15.6 Å². The summed E-state index contributed by atoms with van der Waals surface area (Å²) in [5.41, 5.74) is -0.686. The molecule has 1 amide bonds. The number of furan rings is 1. The quantitative estimate of drug-likeness (QED) is 0.708. The van der Waals surface area contributed by atoms with Gasteiger partial charge in [0.25, 0.3) is 5.91 Å². The molecule has 0 fully saturated rings. The van der Waals surface area contributed by atoms with E-state index in [9.17, 15) is 18.0 Å². The summed E-state index contributed by atoms with van der Waals surface area (Å²) in [5.74, 6) is 0.327. The Morgan fingerprint density at radius 2 is 1.92 bits per heavy atom. The van der Waals surface area contributed by atoms with Gasteiger partial charge >= 0.3 is 6.18 Å². The van der Waals surface area contributed by atoms with Crippen LogP contribution >= 0.6 is 0 Å². The third-order valence-corrected chi connectivity index (χ3v) is 3.52. The molecule has 134 valence electrons. The summed E-state index contributed by atoms with van der Waals surface area (Å²) in [6.07, 6.45) is -1.66. The van der Waals surface area contributed by atoms with Crippen LogP contribution in [0.15, 0.2) is 65.4 Å². The van der Waals surface area contributed by atoms with Gasteiger partial charge in [-0.1, -0.05) is 12.1 Å². The second-order valence-corrected chi connectivity index (χ2v) is 5.36. The SMILES string of the molecule is O=C(NCc1ccco1)c1ccnc(Nc2ccccc2C(F)(F)F)c1. The predicted molar refractivity (Wildman–Crippen MR) is 88.8 cm³/mol. The van der Waals surface area contributed by atoms with Crippen molar-refractivity contribution in [3.05, 3.63) is 77.9 Å².